The molecule has 0 radical (unpaired) electrons. The van der Waals surface area contributed by atoms with Crippen molar-refractivity contribution in [2.45, 2.75) is 37.3 Å². The lowest BCUT2D eigenvalue weighted by atomic mass is 9.97. The van der Waals surface area contributed by atoms with Gasteiger partial charge in [-0.3, -0.25) is 0 Å². The van der Waals surface area contributed by atoms with Gasteiger partial charge in [-0.2, -0.15) is 0 Å². The zero-order valence-electron chi connectivity index (χ0n) is 19.7. The van der Waals surface area contributed by atoms with E-state index >= 15 is 0 Å². The predicted octanol–water partition coefficient (Wildman–Crippen LogP) is 5.93. The highest BCUT2D eigenvalue weighted by molar-refractivity contribution is 6.30. The molecule has 6 nitrogen and oxygen atoms in total. The Kier molecular flexibility index (Phi) is 6.96. The molecule has 1 amide bonds. The number of halogens is 1. The van der Waals surface area contributed by atoms with Gasteiger partial charge in [-0.15, -0.1) is 0 Å². The fourth-order valence-electron chi connectivity index (χ4n) is 4.40. The molecule has 0 saturated heterocycles. The van der Waals surface area contributed by atoms with E-state index in [-0.39, 0.29) is 25.0 Å². The first-order valence-corrected chi connectivity index (χ1v) is 12.4. The van der Waals surface area contributed by atoms with E-state index in [0.717, 1.165) is 40.4 Å². The summed E-state index contributed by atoms with van der Waals surface area (Å²) in [6.45, 7) is 0.361. The van der Waals surface area contributed by atoms with E-state index in [9.17, 15) is 9.59 Å². The van der Waals surface area contributed by atoms with Gasteiger partial charge < -0.3 is 19.8 Å². The molecule has 4 aromatic rings. The van der Waals surface area contributed by atoms with Crippen LogP contribution in [-0.4, -0.2) is 29.7 Å². The van der Waals surface area contributed by atoms with Crippen molar-refractivity contribution < 1.29 is 19.1 Å². The minimum Gasteiger partial charge on any atom is -0.459 e. The molecule has 0 aliphatic heterocycles. The number of esters is 1. The molecule has 0 bridgehead atoms. The van der Waals surface area contributed by atoms with Crippen LogP contribution in [0.5, 0.6) is 0 Å². The first-order valence-electron chi connectivity index (χ1n) is 12.0. The monoisotopic (exact) mass is 502 g/mol. The molecule has 2 N–H and O–H groups in total. The summed E-state index contributed by atoms with van der Waals surface area (Å²) in [5.74, 6) is -0.514. The molecule has 7 heteroatoms. The summed E-state index contributed by atoms with van der Waals surface area (Å²) in [6, 6.07) is 24.0. The molecule has 1 aliphatic carbocycles. The standard InChI is InChI=1S/C29H27ClN2O4/c30-23-12-10-22(11-13-23)29(14-15-29)19-36-28(34)32-26(27(33)35-18-20-6-2-1-3-7-20)16-21-17-31-25-9-5-4-8-24(21)25/h1-13,17,26,31H,14-16,18-19H2,(H,32,34). The van der Waals surface area contributed by atoms with Crippen LogP contribution in [0.15, 0.2) is 85.1 Å². The van der Waals surface area contributed by atoms with Crippen molar-refractivity contribution in [3.8, 4) is 0 Å². The van der Waals surface area contributed by atoms with Gasteiger partial charge in [0.05, 0.1) is 0 Å². The van der Waals surface area contributed by atoms with Crippen LogP contribution in [0, 0.1) is 0 Å². The highest BCUT2D eigenvalue weighted by Crippen LogP contribution is 2.48. The number of nitrogens with one attached hydrogen (secondary N) is 2. The number of hydrogen-bond donors (Lipinski definition) is 2. The fourth-order valence-corrected chi connectivity index (χ4v) is 4.53. The average molecular weight is 503 g/mol. The Bertz CT molecular complexity index is 1350. The average Bonchev–Trinajstić information content (AvgIpc) is 3.60. The van der Waals surface area contributed by atoms with Crippen molar-refractivity contribution in [3.05, 3.63) is 107 Å². The predicted molar refractivity (Wildman–Crippen MR) is 139 cm³/mol. The second-order valence-electron chi connectivity index (χ2n) is 9.22. The maximum Gasteiger partial charge on any atom is 0.407 e. The van der Waals surface area contributed by atoms with Gasteiger partial charge >= 0.3 is 12.1 Å². The van der Waals surface area contributed by atoms with Crippen LogP contribution in [-0.2, 0) is 32.7 Å². The molecular formula is C29H27ClN2O4. The smallest absolute Gasteiger partial charge is 0.407 e. The number of benzene rings is 3. The Morgan fingerprint density at radius 1 is 0.944 bits per heavy atom. The number of fused-ring (bicyclic) bond motifs is 1. The number of para-hydroxylation sites is 1. The molecular weight excluding hydrogens is 476 g/mol. The molecule has 184 valence electrons. The van der Waals surface area contributed by atoms with Gasteiger partial charge in [0.2, 0.25) is 0 Å². The summed E-state index contributed by atoms with van der Waals surface area (Å²) in [6.07, 6.45) is 3.35. The normalized spacial score (nSPS) is 14.7. The summed E-state index contributed by atoms with van der Waals surface area (Å²) in [4.78, 5) is 29.1. The van der Waals surface area contributed by atoms with Crippen LogP contribution < -0.4 is 5.32 Å². The minimum absolute atomic E-state index is 0.125. The van der Waals surface area contributed by atoms with Crippen LogP contribution in [0.1, 0.15) is 29.5 Å². The summed E-state index contributed by atoms with van der Waals surface area (Å²) in [7, 11) is 0. The lowest BCUT2D eigenvalue weighted by molar-refractivity contribution is -0.147. The van der Waals surface area contributed by atoms with Gasteiger partial charge in [0, 0.05) is 34.0 Å². The molecule has 3 aromatic carbocycles. The first-order chi connectivity index (χ1) is 17.5. The van der Waals surface area contributed by atoms with Crippen molar-refractivity contribution in [1.29, 1.82) is 0 Å². The number of alkyl carbamates (subject to hydrolysis) is 1. The molecule has 1 saturated carbocycles. The van der Waals surface area contributed by atoms with Gasteiger partial charge in [-0.1, -0.05) is 72.3 Å². The number of rotatable bonds is 9. The van der Waals surface area contributed by atoms with Gasteiger partial charge in [-0.05, 0) is 47.7 Å². The number of carbonyl (C=O) groups excluding carboxylic acids is 2. The van der Waals surface area contributed by atoms with Gasteiger partial charge in [0.15, 0.2) is 0 Å². The maximum atomic E-state index is 13.1. The second kappa shape index (κ2) is 10.5. The summed E-state index contributed by atoms with van der Waals surface area (Å²) in [5, 5.41) is 4.41. The maximum absolute atomic E-state index is 13.1. The Balaban J connectivity index is 1.26. The highest BCUT2D eigenvalue weighted by atomic mass is 35.5. The number of aromatic nitrogens is 1. The topological polar surface area (TPSA) is 80.4 Å². The zero-order valence-corrected chi connectivity index (χ0v) is 20.5. The molecule has 1 aliphatic rings. The number of hydrogen-bond acceptors (Lipinski definition) is 4. The molecule has 0 spiro atoms. The largest absolute Gasteiger partial charge is 0.459 e. The van der Waals surface area contributed by atoms with Crippen LogP contribution >= 0.6 is 11.6 Å². The van der Waals surface area contributed by atoms with E-state index in [2.05, 4.69) is 10.3 Å². The first kappa shape index (κ1) is 23.9. The Morgan fingerprint density at radius 3 is 2.42 bits per heavy atom. The van der Waals surface area contributed by atoms with Crippen LogP contribution in [0.3, 0.4) is 0 Å². The summed E-state index contributed by atoms with van der Waals surface area (Å²) >= 11 is 6.01. The molecule has 1 heterocycles. The number of carbonyl (C=O) groups is 2. The van der Waals surface area contributed by atoms with Crippen molar-refractivity contribution in [1.82, 2.24) is 10.3 Å². The van der Waals surface area contributed by atoms with Crippen molar-refractivity contribution in [3.63, 3.8) is 0 Å². The SMILES string of the molecule is O=C(NC(Cc1c[nH]c2ccccc12)C(=O)OCc1ccccc1)OCC1(c2ccc(Cl)cc2)CC1. The van der Waals surface area contributed by atoms with Crippen molar-refractivity contribution in [2.75, 3.05) is 6.61 Å². The van der Waals surface area contributed by atoms with E-state index in [0.29, 0.717) is 5.02 Å². The lowest BCUT2D eigenvalue weighted by Gasteiger charge is -2.20. The fraction of sp³-hybridized carbons (Fsp3) is 0.241. The highest BCUT2D eigenvalue weighted by Gasteiger charge is 2.45. The van der Waals surface area contributed by atoms with Crippen LogP contribution in [0.2, 0.25) is 5.02 Å². The number of H-pyrrole nitrogens is 1. The van der Waals surface area contributed by atoms with E-state index < -0.39 is 18.1 Å². The van der Waals surface area contributed by atoms with Crippen molar-refractivity contribution in [2.24, 2.45) is 0 Å². The minimum atomic E-state index is -0.897. The van der Waals surface area contributed by atoms with Gasteiger partial charge in [0.25, 0.3) is 0 Å². The lowest BCUT2D eigenvalue weighted by Crippen LogP contribution is -2.44. The summed E-state index contributed by atoms with van der Waals surface area (Å²) in [5.41, 5.74) is 3.65. The second-order valence-corrected chi connectivity index (χ2v) is 9.65. The van der Waals surface area contributed by atoms with E-state index in [1.807, 2.05) is 85.1 Å². The van der Waals surface area contributed by atoms with Gasteiger partial charge in [0.1, 0.15) is 19.3 Å². The van der Waals surface area contributed by atoms with E-state index in [1.54, 1.807) is 0 Å². The van der Waals surface area contributed by atoms with Gasteiger partial charge in [-0.25, -0.2) is 9.59 Å². The van der Waals surface area contributed by atoms with Crippen molar-refractivity contribution >= 4 is 34.6 Å². The Hall–Kier alpha value is -3.77. The molecule has 1 aromatic heterocycles. The van der Waals surface area contributed by atoms with Crippen LogP contribution in [0.25, 0.3) is 10.9 Å². The number of ether oxygens (including phenoxy) is 2. The quantitative estimate of drug-likeness (QED) is 0.278. The number of aromatic amines is 1. The Morgan fingerprint density at radius 2 is 1.67 bits per heavy atom. The molecule has 1 fully saturated rings. The third-order valence-electron chi connectivity index (χ3n) is 6.69. The number of amides is 1. The molecule has 36 heavy (non-hydrogen) atoms. The third-order valence-corrected chi connectivity index (χ3v) is 6.94. The molecule has 5 rings (SSSR count). The molecule has 1 unspecified atom stereocenters. The third kappa shape index (κ3) is 5.55. The van der Waals surface area contributed by atoms with E-state index in [4.69, 9.17) is 21.1 Å². The van der Waals surface area contributed by atoms with E-state index in [1.165, 1.54) is 0 Å². The van der Waals surface area contributed by atoms with Crippen LogP contribution in [0.4, 0.5) is 4.79 Å². The Labute approximate surface area is 214 Å². The summed E-state index contributed by atoms with van der Waals surface area (Å²) < 4.78 is 11.2. The zero-order chi connectivity index (χ0) is 25.0. The molecule has 1 atom stereocenters.